The van der Waals surface area contributed by atoms with Crippen LogP contribution in [0.5, 0.6) is 0 Å². The number of rotatable bonds is 3. The molecule has 23 heavy (non-hydrogen) atoms. The van der Waals surface area contributed by atoms with Crippen molar-refractivity contribution in [3.63, 3.8) is 0 Å². The van der Waals surface area contributed by atoms with Crippen LogP contribution in [0.3, 0.4) is 0 Å². The second kappa shape index (κ2) is 5.80. The van der Waals surface area contributed by atoms with Crippen LogP contribution < -0.4 is 10.6 Å². The lowest BCUT2D eigenvalue weighted by molar-refractivity contribution is -0.140. The number of aryl methyl sites for hydroxylation is 1. The van der Waals surface area contributed by atoms with Crippen molar-refractivity contribution < 1.29 is 14.0 Å². The zero-order valence-corrected chi connectivity index (χ0v) is 13.4. The van der Waals surface area contributed by atoms with E-state index in [0.717, 1.165) is 18.4 Å². The fourth-order valence-electron chi connectivity index (χ4n) is 3.49. The summed E-state index contributed by atoms with van der Waals surface area (Å²) in [5.74, 6) is -0.331. The molecule has 1 aliphatic carbocycles. The van der Waals surface area contributed by atoms with Gasteiger partial charge >= 0.3 is 0 Å². The molecule has 2 N–H and O–H groups in total. The summed E-state index contributed by atoms with van der Waals surface area (Å²) < 4.78 is 14.0. The highest BCUT2D eigenvalue weighted by Crippen LogP contribution is 2.41. The average Bonchev–Trinajstić information content (AvgIpc) is 2.98. The molecule has 1 fully saturated rings. The fraction of sp³-hybridized carbons (Fsp3) is 0.444. The Morgan fingerprint density at radius 1 is 1.26 bits per heavy atom. The smallest absolute Gasteiger partial charge is 0.239 e. The summed E-state index contributed by atoms with van der Waals surface area (Å²) >= 11 is 0. The van der Waals surface area contributed by atoms with Crippen LogP contribution in [-0.4, -0.2) is 11.7 Å². The second-order valence-corrected chi connectivity index (χ2v) is 6.56. The van der Waals surface area contributed by atoms with E-state index in [9.17, 15) is 14.0 Å². The first-order chi connectivity index (χ1) is 10.9. The molecule has 1 spiro atoms. The summed E-state index contributed by atoms with van der Waals surface area (Å²) in [6.45, 7) is 3.69. The predicted molar refractivity (Wildman–Crippen MR) is 84.8 cm³/mol. The zero-order chi connectivity index (χ0) is 16.6. The van der Waals surface area contributed by atoms with Gasteiger partial charge in [0.2, 0.25) is 5.91 Å². The van der Waals surface area contributed by atoms with Gasteiger partial charge in [-0.25, -0.2) is 4.39 Å². The van der Waals surface area contributed by atoms with Gasteiger partial charge in [-0.3, -0.25) is 9.59 Å². The third-order valence-corrected chi connectivity index (χ3v) is 4.88. The van der Waals surface area contributed by atoms with E-state index in [0.29, 0.717) is 24.2 Å². The van der Waals surface area contributed by atoms with E-state index in [1.807, 2.05) is 6.92 Å². The molecule has 0 unspecified atom stereocenters. The molecule has 1 saturated carbocycles. The van der Waals surface area contributed by atoms with Gasteiger partial charge < -0.3 is 10.6 Å². The maximum atomic E-state index is 14.0. The molecular formula is C18H21FN2O2. The molecule has 1 amide bonds. The van der Waals surface area contributed by atoms with Gasteiger partial charge in [-0.1, -0.05) is 30.5 Å². The Morgan fingerprint density at radius 2 is 1.96 bits per heavy atom. The van der Waals surface area contributed by atoms with Crippen molar-refractivity contribution >= 4 is 11.7 Å². The molecule has 2 aliphatic rings. The summed E-state index contributed by atoms with van der Waals surface area (Å²) in [5.41, 5.74) is 0.592. The Morgan fingerprint density at radius 3 is 2.61 bits per heavy atom. The lowest BCUT2D eigenvalue weighted by Gasteiger charge is -2.31. The van der Waals surface area contributed by atoms with E-state index in [2.05, 4.69) is 10.6 Å². The zero-order valence-electron chi connectivity index (χ0n) is 13.4. The van der Waals surface area contributed by atoms with Crippen molar-refractivity contribution in [2.45, 2.75) is 45.6 Å². The number of amides is 1. The number of carbonyl (C=O) groups excluding carboxylic acids is 2. The van der Waals surface area contributed by atoms with Gasteiger partial charge in [-0.05, 0) is 32.8 Å². The van der Waals surface area contributed by atoms with Gasteiger partial charge in [0.1, 0.15) is 17.1 Å². The van der Waals surface area contributed by atoms with Gasteiger partial charge in [0.15, 0.2) is 5.78 Å². The number of ketones is 1. The first kappa shape index (κ1) is 15.7. The molecule has 1 aromatic carbocycles. The minimum Gasteiger partial charge on any atom is -0.365 e. The number of allylic oxidation sites excluding steroid dienone is 1. The third kappa shape index (κ3) is 2.76. The number of halogens is 1. The SMILES string of the molecule is Cc1ccc(F)c([C@@H](C)NC2=CC(=O)C3(CCCC3)C(=O)N2)c1. The Bertz CT molecular complexity index is 690. The molecule has 1 aliphatic heterocycles. The number of hydrogen-bond acceptors (Lipinski definition) is 3. The summed E-state index contributed by atoms with van der Waals surface area (Å²) in [6, 6.07) is 4.54. The van der Waals surface area contributed by atoms with Crippen LogP contribution in [-0.2, 0) is 9.59 Å². The third-order valence-electron chi connectivity index (χ3n) is 4.88. The van der Waals surface area contributed by atoms with E-state index in [-0.39, 0.29) is 23.5 Å². The molecule has 3 rings (SSSR count). The van der Waals surface area contributed by atoms with Crippen molar-refractivity contribution in [1.82, 2.24) is 10.6 Å². The van der Waals surface area contributed by atoms with Crippen LogP contribution in [0.1, 0.15) is 49.8 Å². The topological polar surface area (TPSA) is 58.2 Å². The van der Waals surface area contributed by atoms with Crippen molar-refractivity contribution in [1.29, 1.82) is 0 Å². The normalized spacial score (nSPS) is 21.1. The molecule has 122 valence electrons. The van der Waals surface area contributed by atoms with Crippen molar-refractivity contribution in [2.75, 3.05) is 0 Å². The molecule has 0 aromatic heterocycles. The molecule has 1 heterocycles. The second-order valence-electron chi connectivity index (χ2n) is 6.56. The van der Waals surface area contributed by atoms with Crippen LogP contribution in [0.4, 0.5) is 4.39 Å². The summed E-state index contributed by atoms with van der Waals surface area (Å²) in [5, 5.41) is 5.82. The monoisotopic (exact) mass is 316 g/mol. The Hall–Kier alpha value is -2.17. The van der Waals surface area contributed by atoms with E-state index in [1.165, 1.54) is 12.1 Å². The molecule has 0 saturated heterocycles. The quantitative estimate of drug-likeness (QED) is 0.843. The van der Waals surface area contributed by atoms with Crippen molar-refractivity contribution in [2.24, 2.45) is 5.41 Å². The van der Waals surface area contributed by atoms with Crippen LogP contribution in [0, 0.1) is 18.2 Å². The molecule has 0 radical (unpaired) electrons. The van der Waals surface area contributed by atoms with Crippen molar-refractivity contribution in [3.8, 4) is 0 Å². The van der Waals surface area contributed by atoms with E-state index >= 15 is 0 Å². The van der Waals surface area contributed by atoms with Gasteiger partial charge in [0.05, 0.1) is 6.04 Å². The summed E-state index contributed by atoms with van der Waals surface area (Å²) in [4.78, 5) is 24.8. The molecule has 1 atom stereocenters. The summed E-state index contributed by atoms with van der Waals surface area (Å²) in [7, 11) is 0. The van der Waals surface area contributed by atoms with Crippen LogP contribution in [0.15, 0.2) is 30.1 Å². The van der Waals surface area contributed by atoms with E-state index in [1.54, 1.807) is 19.1 Å². The minimum absolute atomic E-state index is 0.141. The molecule has 0 bridgehead atoms. The largest absolute Gasteiger partial charge is 0.365 e. The number of hydrogen-bond donors (Lipinski definition) is 2. The summed E-state index contributed by atoms with van der Waals surface area (Å²) in [6.07, 6.45) is 4.49. The van der Waals surface area contributed by atoms with Gasteiger partial charge in [-0.15, -0.1) is 0 Å². The molecule has 1 aromatic rings. The van der Waals surface area contributed by atoms with Gasteiger partial charge in [0.25, 0.3) is 0 Å². The van der Waals surface area contributed by atoms with Crippen LogP contribution >= 0.6 is 0 Å². The van der Waals surface area contributed by atoms with E-state index in [4.69, 9.17) is 0 Å². The van der Waals surface area contributed by atoms with Crippen molar-refractivity contribution in [3.05, 3.63) is 47.0 Å². The Labute approximate surface area is 135 Å². The predicted octanol–water partition coefficient (Wildman–Crippen LogP) is 2.89. The standard InChI is InChI=1S/C18H21FN2O2/c1-11-5-6-14(19)13(9-11)12(2)20-16-10-15(22)18(17(23)21-16)7-3-4-8-18/h5-6,9-10,12,20H,3-4,7-8H2,1-2H3,(H,21,23)/t12-/m1/s1. The first-order valence-corrected chi connectivity index (χ1v) is 8.02. The number of nitrogens with one attached hydrogen (secondary N) is 2. The highest BCUT2D eigenvalue weighted by Gasteiger charge is 2.49. The lowest BCUT2D eigenvalue weighted by Crippen LogP contribution is -2.50. The van der Waals surface area contributed by atoms with Crippen LogP contribution in [0.2, 0.25) is 0 Å². The molecular weight excluding hydrogens is 295 g/mol. The molecule has 5 heteroatoms. The average molecular weight is 316 g/mol. The minimum atomic E-state index is -0.872. The van der Waals surface area contributed by atoms with Gasteiger partial charge in [-0.2, -0.15) is 0 Å². The number of benzene rings is 1. The van der Waals surface area contributed by atoms with Gasteiger partial charge in [0, 0.05) is 11.6 Å². The first-order valence-electron chi connectivity index (χ1n) is 8.02. The van der Waals surface area contributed by atoms with E-state index < -0.39 is 5.41 Å². The Balaban J connectivity index is 1.79. The number of carbonyl (C=O) groups is 2. The maximum Gasteiger partial charge on any atom is 0.239 e. The highest BCUT2D eigenvalue weighted by molar-refractivity contribution is 6.14. The lowest BCUT2D eigenvalue weighted by atomic mass is 9.79. The molecule has 4 nitrogen and oxygen atoms in total. The van der Waals surface area contributed by atoms with Crippen LogP contribution in [0.25, 0.3) is 0 Å². The Kier molecular flexibility index (Phi) is 3.96. The maximum absolute atomic E-state index is 14.0. The highest BCUT2D eigenvalue weighted by atomic mass is 19.1. The fourth-order valence-corrected chi connectivity index (χ4v) is 3.49.